The summed E-state index contributed by atoms with van der Waals surface area (Å²) in [6, 6.07) is 44.9. The molecule has 1 aromatic heterocycles. The molecule has 7 heteroatoms. The van der Waals surface area contributed by atoms with Crippen LogP contribution < -0.4 is 16.4 Å². The van der Waals surface area contributed by atoms with Gasteiger partial charge in [0.05, 0.1) is 0 Å². The van der Waals surface area contributed by atoms with Gasteiger partial charge in [0, 0.05) is 5.54 Å². The molecule has 0 aliphatic rings. The Hall–Kier alpha value is -4.62. The van der Waals surface area contributed by atoms with Crippen molar-refractivity contribution in [2.75, 3.05) is 0 Å². The van der Waals surface area contributed by atoms with E-state index >= 15 is 0 Å². The first-order valence-electron chi connectivity index (χ1n) is 13.2. The van der Waals surface area contributed by atoms with Crippen molar-refractivity contribution in [3.8, 4) is 0 Å². The lowest BCUT2D eigenvalue weighted by Gasteiger charge is -2.17. The average molecular weight is 544 g/mol. The lowest BCUT2D eigenvalue weighted by Crippen LogP contribution is -2.51. The highest BCUT2D eigenvalue weighted by Crippen LogP contribution is 2.24. The molecule has 0 saturated carbocycles. The molecular weight excluding hydrogens is 515 g/mol. The predicted octanol–water partition coefficient (Wildman–Crippen LogP) is 4.48. The Morgan fingerprint density at radius 3 is 1.30 bits per heavy atom. The summed E-state index contributed by atoms with van der Waals surface area (Å²) >= 11 is 0. The summed E-state index contributed by atoms with van der Waals surface area (Å²) in [4.78, 5) is 3.96. The zero-order valence-corrected chi connectivity index (χ0v) is 23.3. The third-order valence-electron chi connectivity index (χ3n) is 6.78. The normalized spacial score (nSPS) is 10.9. The molecule has 0 amide bonds. The second kappa shape index (κ2) is 13.4. The monoisotopic (exact) mass is 543 g/mol. The van der Waals surface area contributed by atoms with E-state index in [-0.39, 0.29) is 17.2 Å². The molecule has 0 atom stereocenters. The summed E-state index contributed by atoms with van der Waals surface area (Å²) in [7, 11) is -0.878. The number of hydrogen-bond donors (Lipinski definition) is 0. The second-order valence-electron chi connectivity index (χ2n) is 9.44. The van der Waals surface area contributed by atoms with Crippen molar-refractivity contribution in [2.24, 2.45) is 0 Å². The molecule has 196 valence electrons. The highest BCUT2D eigenvalue weighted by molar-refractivity contribution is 6.95. The zero-order valence-electron chi connectivity index (χ0n) is 21.9. The Kier molecular flexibility index (Phi) is 9.06. The molecule has 0 aliphatic carbocycles. The smallest absolute Gasteiger partial charge is 0.241 e. The molecule has 5 aromatic carbocycles. The molecule has 6 aromatic rings. The van der Waals surface area contributed by atoms with Gasteiger partial charge in [-0.3, -0.25) is 4.35 Å². The molecule has 40 heavy (non-hydrogen) atoms. The largest absolute Gasteiger partial charge is 0.290 e. The summed E-state index contributed by atoms with van der Waals surface area (Å²) in [5.74, 6) is -0.530. The summed E-state index contributed by atoms with van der Waals surface area (Å²) in [5.41, 5.74) is 6.10. The minimum atomic E-state index is -0.878. The first-order chi connectivity index (χ1) is 19.7. The maximum Gasteiger partial charge on any atom is 0.241 e. The Morgan fingerprint density at radius 1 is 0.550 bits per heavy atom. The van der Waals surface area contributed by atoms with Crippen LogP contribution in [0.3, 0.4) is 0 Å². The van der Waals surface area contributed by atoms with Crippen molar-refractivity contribution in [2.45, 2.75) is 5.54 Å². The molecule has 0 bridgehead atoms. The standard InChI is InChI=1S/C18H15B.C15H13F2N3Si/c1-4-10-16(11-5-1)19(17-12-6-2-7-13-17)18-14-8-3-9-15-18;16-13-5-1-11(2-6-13)15(21-20-10-18-9-19-20)12-3-7-14(17)8-4-12/h1-15H;1-10,15H,21H2. The second-order valence-corrected chi connectivity index (χ2v) is 11.3. The van der Waals surface area contributed by atoms with E-state index in [2.05, 4.69) is 101 Å². The SMILES string of the molecule is Fc1ccc(C([SiH2]n2cncn2)c2ccc(F)cc2)cc1.c1ccc(B(c2ccccc2)c2ccccc2)cc1. The summed E-state index contributed by atoms with van der Waals surface area (Å²) in [5, 5.41) is 4.16. The molecule has 0 spiro atoms. The molecule has 1 heterocycles. The molecule has 0 fully saturated rings. The number of rotatable bonds is 7. The van der Waals surface area contributed by atoms with E-state index in [1.807, 2.05) is 4.35 Å². The van der Waals surface area contributed by atoms with Crippen molar-refractivity contribution >= 4 is 32.8 Å². The number of aromatic nitrogens is 3. The van der Waals surface area contributed by atoms with Gasteiger partial charge < -0.3 is 0 Å². The fourth-order valence-electron chi connectivity index (χ4n) is 4.82. The molecule has 0 N–H and O–H groups in total. The predicted molar refractivity (Wildman–Crippen MR) is 163 cm³/mol. The van der Waals surface area contributed by atoms with E-state index < -0.39 is 9.68 Å². The fourth-order valence-corrected chi connectivity index (χ4v) is 6.52. The number of nitrogens with zero attached hydrogens (tertiary/aromatic N) is 3. The Balaban J connectivity index is 0.000000162. The fraction of sp³-hybridized carbons (Fsp3) is 0.0303. The minimum absolute atomic E-state index is 0.0906. The quantitative estimate of drug-likeness (QED) is 0.278. The molecular formula is C33H28BF2N3Si. The van der Waals surface area contributed by atoms with Crippen molar-refractivity contribution in [3.05, 3.63) is 175 Å². The Labute approximate surface area is 236 Å². The van der Waals surface area contributed by atoms with Gasteiger partial charge in [0.25, 0.3) is 0 Å². The van der Waals surface area contributed by atoms with Gasteiger partial charge >= 0.3 is 0 Å². The zero-order chi connectivity index (χ0) is 27.6. The van der Waals surface area contributed by atoms with Crippen LogP contribution in [0.4, 0.5) is 8.78 Å². The van der Waals surface area contributed by atoms with Crippen LogP contribution in [0.25, 0.3) is 0 Å². The molecule has 0 radical (unpaired) electrons. The van der Waals surface area contributed by atoms with Gasteiger partial charge in [0.2, 0.25) is 6.71 Å². The van der Waals surface area contributed by atoms with Gasteiger partial charge in [-0.25, -0.2) is 13.8 Å². The van der Waals surface area contributed by atoms with E-state index in [0.717, 1.165) is 11.1 Å². The highest BCUT2D eigenvalue weighted by atomic mass is 28.2. The summed E-state index contributed by atoms with van der Waals surface area (Å²) in [6.45, 7) is 0.309. The Morgan fingerprint density at radius 2 is 0.950 bits per heavy atom. The van der Waals surface area contributed by atoms with Crippen LogP contribution in [0.2, 0.25) is 0 Å². The van der Waals surface area contributed by atoms with Gasteiger partial charge in [-0.15, -0.1) is 0 Å². The van der Waals surface area contributed by atoms with Crippen molar-refractivity contribution < 1.29 is 8.78 Å². The highest BCUT2D eigenvalue weighted by Gasteiger charge is 2.20. The topological polar surface area (TPSA) is 30.7 Å². The first-order valence-corrected chi connectivity index (χ1v) is 14.6. The first kappa shape index (κ1) is 27.0. The third-order valence-corrected chi connectivity index (χ3v) is 8.79. The molecule has 0 saturated heterocycles. The van der Waals surface area contributed by atoms with E-state index in [4.69, 9.17) is 0 Å². The van der Waals surface area contributed by atoms with Gasteiger partial charge in [0.1, 0.15) is 24.3 Å². The molecule has 0 aliphatic heterocycles. The van der Waals surface area contributed by atoms with Crippen molar-refractivity contribution in [1.82, 2.24) is 14.4 Å². The van der Waals surface area contributed by atoms with Crippen LogP contribution >= 0.6 is 0 Å². The number of halogens is 2. The minimum Gasteiger partial charge on any atom is -0.290 e. The van der Waals surface area contributed by atoms with Crippen LogP contribution in [0.15, 0.2) is 152 Å². The average Bonchev–Trinajstić information content (AvgIpc) is 3.53. The van der Waals surface area contributed by atoms with E-state index in [1.165, 1.54) is 47.0 Å². The van der Waals surface area contributed by atoms with Crippen LogP contribution in [0, 0.1) is 11.6 Å². The van der Waals surface area contributed by atoms with E-state index in [1.54, 1.807) is 30.6 Å². The number of hydrogen-bond acceptors (Lipinski definition) is 2. The van der Waals surface area contributed by atoms with Gasteiger partial charge in [0.15, 0.2) is 9.68 Å². The van der Waals surface area contributed by atoms with Crippen LogP contribution in [0.5, 0.6) is 0 Å². The van der Waals surface area contributed by atoms with Crippen LogP contribution in [-0.2, 0) is 0 Å². The van der Waals surface area contributed by atoms with Gasteiger partial charge in [-0.05, 0) is 35.4 Å². The third kappa shape index (κ3) is 7.07. The van der Waals surface area contributed by atoms with Crippen molar-refractivity contribution in [3.63, 3.8) is 0 Å². The van der Waals surface area contributed by atoms with Gasteiger partial charge in [-0.1, -0.05) is 132 Å². The van der Waals surface area contributed by atoms with Crippen LogP contribution in [-0.4, -0.2) is 30.8 Å². The lowest BCUT2D eigenvalue weighted by atomic mass is 9.37. The van der Waals surface area contributed by atoms with E-state index in [0.29, 0.717) is 6.71 Å². The van der Waals surface area contributed by atoms with E-state index in [9.17, 15) is 8.78 Å². The van der Waals surface area contributed by atoms with Gasteiger partial charge in [-0.2, -0.15) is 5.10 Å². The molecule has 0 unspecified atom stereocenters. The molecule has 6 rings (SSSR count). The van der Waals surface area contributed by atoms with Crippen molar-refractivity contribution in [1.29, 1.82) is 0 Å². The maximum atomic E-state index is 13.1. The summed E-state index contributed by atoms with van der Waals surface area (Å²) < 4.78 is 28.1. The number of benzene rings is 5. The Bertz CT molecular complexity index is 1430. The maximum absolute atomic E-state index is 13.1. The molecule has 3 nitrogen and oxygen atoms in total. The van der Waals surface area contributed by atoms with Crippen LogP contribution in [0.1, 0.15) is 16.7 Å². The lowest BCUT2D eigenvalue weighted by molar-refractivity contribution is 0.626. The summed E-state index contributed by atoms with van der Waals surface area (Å²) in [6.07, 6.45) is 3.19.